The van der Waals surface area contributed by atoms with Crippen molar-refractivity contribution in [2.24, 2.45) is 16.5 Å². The molecule has 2 aliphatic heterocycles. The number of carbonyl (C=O) groups excluding carboxylic acids is 1. The summed E-state index contributed by atoms with van der Waals surface area (Å²) in [6.45, 7) is 4.74. The van der Waals surface area contributed by atoms with Crippen molar-refractivity contribution in [1.29, 1.82) is 0 Å². The number of aliphatic hydroxyl groups excluding tert-OH is 1. The van der Waals surface area contributed by atoms with Gasteiger partial charge in [0.15, 0.2) is 0 Å². The average Bonchev–Trinajstić information content (AvgIpc) is 3.18. The summed E-state index contributed by atoms with van der Waals surface area (Å²) < 4.78 is 38.9. The van der Waals surface area contributed by atoms with Crippen LogP contribution in [0.2, 0.25) is 0 Å². The third-order valence-electron chi connectivity index (χ3n) is 5.94. The van der Waals surface area contributed by atoms with Crippen LogP contribution in [0.5, 0.6) is 0 Å². The minimum atomic E-state index is -4.39. The van der Waals surface area contributed by atoms with Gasteiger partial charge in [-0.25, -0.2) is 0 Å². The number of likely N-dealkylation sites (tertiary alicyclic amines) is 1. The lowest BCUT2D eigenvalue weighted by molar-refractivity contribution is -0.145. The molecule has 8 heteroatoms. The number of oxime groups is 1. The van der Waals surface area contributed by atoms with Gasteiger partial charge in [0.25, 0.3) is 5.91 Å². The minimum absolute atomic E-state index is 0.116. The van der Waals surface area contributed by atoms with Gasteiger partial charge in [-0.05, 0) is 36.8 Å². The van der Waals surface area contributed by atoms with Gasteiger partial charge in [0.1, 0.15) is 0 Å². The van der Waals surface area contributed by atoms with E-state index in [0.717, 1.165) is 17.8 Å². The standard InChI is InChI=1S/C21H27F3N2O3/c1-14(2)17-11-18(29-25-17)19(28)26-8-6-20(13-27,7-9-26)12-15-4-3-5-16(10-15)21(22,23)24/h3-5,10,14,18,27H,6-9,11-13H2,1-2H3. The predicted octanol–water partition coefficient (Wildman–Crippen LogP) is 3.65. The molecule has 5 nitrogen and oxygen atoms in total. The summed E-state index contributed by atoms with van der Waals surface area (Å²) in [5, 5.41) is 14.0. The van der Waals surface area contributed by atoms with Crippen molar-refractivity contribution in [3.8, 4) is 0 Å². The zero-order chi connectivity index (χ0) is 21.2. The molecule has 1 aromatic carbocycles. The van der Waals surface area contributed by atoms with Gasteiger partial charge in [-0.3, -0.25) is 4.79 Å². The summed E-state index contributed by atoms with van der Waals surface area (Å²) in [6, 6.07) is 5.24. The fourth-order valence-electron chi connectivity index (χ4n) is 3.96. The van der Waals surface area contributed by atoms with E-state index in [-0.39, 0.29) is 18.4 Å². The summed E-state index contributed by atoms with van der Waals surface area (Å²) in [6.07, 6.45) is -3.11. The molecule has 160 valence electrons. The highest BCUT2D eigenvalue weighted by Crippen LogP contribution is 2.37. The molecule has 0 radical (unpaired) electrons. The molecule has 0 aromatic heterocycles. The Balaban J connectivity index is 1.61. The zero-order valence-electron chi connectivity index (χ0n) is 16.7. The number of nitrogens with zero attached hydrogens (tertiary/aromatic N) is 2. The molecule has 2 heterocycles. The van der Waals surface area contributed by atoms with E-state index in [0.29, 0.717) is 44.3 Å². The second-order valence-electron chi connectivity index (χ2n) is 8.39. The number of halogens is 3. The van der Waals surface area contributed by atoms with Crippen molar-refractivity contribution < 1.29 is 27.9 Å². The highest BCUT2D eigenvalue weighted by molar-refractivity contribution is 5.93. The number of benzene rings is 1. The molecule has 1 amide bonds. The van der Waals surface area contributed by atoms with Crippen LogP contribution in [-0.4, -0.2) is 47.4 Å². The van der Waals surface area contributed by atoms with Gasteiger partial charge in [-0.15, -0.1) is 0 Å². The van der Waals surface area contributed by atoms with E-state index in [9.17, 15) is 23.1 Å². The number of amides is 1. The highest BCUT2D eigenvalue weighted by atomic mass is 19.4. The van der Waals surface area contributed by atoms with Crippen molar-refractivity contribution in [3.63, 3.8) is 0 Å². The Morgan fingerprint density at radius 1 is 1.34 bits per heavy atom. The molecule has 1 saturated heterocycles. The van der Waals surface area contributed by atoms with Crippen molar-refractivity contribution in [1.82, 2.24) is 4.90 Å². The lowest BCUT2D eigenvalue weighted by atomic mass is 9.74. The fourth-order valence-corrected chi connectivity index (χ4v) is 3.96. The lowest BCUT2D eigenvalue weighted by Crippen LogP contribution is -2.48. The maximum absolute atomic E-state index is 13.0. The lowest BCUT2D eigenvalue weighted by Gasteiger charge is -2.41. The number of hydrogen-bond acceptors (Lipinski definition) is 4. The summed E-state index contributed by atoms with van der Waals surface area (Å²) in [5.74, 6) is 0.110. The summed E-state index contributed by atoms with van der Waals surface area (Å²) in [5.41, 5.74) is 0.198. The van der Waals surface area contributed by atoms with Crippen molar-refractivity contribution >= 4 is 11.6 Å². The van der Waals surface area contributed by atoms with Gasteiger partial charge in [0, 0.05) is 31.5 Å². The molecule has 1 atom stereocenters. The Kier molecular flexibility index (Phi) is 6.22. The van der Waals surface area contributed by atoms with E-state index in [4.69, 9.17) is 4.84 Å². The largest absolute Gasteiger partial charge is 0.416 e. The van der Waals surface area contributed by atoms with Gasteiger partial charge in [0.05, 0.1) is 11.3 Å². The number of carbonyl (C=O) groups is 1. The maximum atomic E-state index is 13.0. The van der Waals surface area contributed by atoms with E-state index < -0.39 is 23.3 Å². The number of aliphatic hydroxyl groups is 1. The molecule has 0 bridgehead atoms. The first-order valence-electron chi connectivity index (χ1n) is 9.92. The predicted molar refractivity (Wildman–Crippen MR) is 102 cm³/mol. The van der Waals surface area contributed by atoms with Crippen LogP contribution in [0.4, 0.5) is 13.2 Å². The van der Waals surface area contributed by atoms with Crippen LogP contribution in [0.3, 0.4) is 0 Å². The first kappa shape index (κ1) is 21.6. The van der Waals surface area contributed by atoms with Crippen LogP contribution < -0.4 is 0 Å². The van der Waals surface area contributed by atoms with Crippen LogP contribution >= 0.6 is 0 Å². The van der Waals surface area contributed by atoms with Gasteiger partial charge in [0.2, 0.25) is 6.10 Å². The quantitative estimate of drug-likeness (QED) is 0.803. The van der Waals surface area contributed by atoms with Crippen LogP contribution in [0.25, 0.3) is 0 Å². The Morgan fingerprint density at radius 3 is 2.59 bits per heavy atom. The van der Waals surface area contributed by atoms with E-state index in [1.807, 2.05) is 13.8 Å². The molecule has 3 rings (SSSR count). The van der Waals surface area contributed by atoms with Crippen molar-refractivity contribution in [2.75, 3.05) is 19.7 Å². The topological polar surface area (TPSA) is 62.1 Å². The number of piperidine rings is 1. The van der Waals surface area contributed by atoms with Gasteiger partial charge >= 0.3 is 6.18 Å². The summed E-state index contributed by atoms with van der Waals surface area (Å²) in [4.78, 5) is 19.7. The third-order valence-corrected chi connectivity index (χ3v) is 5.94. The Hall–Kier alpha value is -2.09. The zero-order valence-corrected chi connectivity index (χ0v) is 16.7. The second kappa shape index (κ2) is 8.34. The van der Waals surface area contributed by atoms with E-state index in [1.54, 1.807) is 11.0 Å². The van der Waals surface area contributed by atoms with Gasteiger partial charge < -0.3 is 14.8 Å². The minimum Gasteiger partial charge on any atom is -0.396 e. The van der Waals surface area contributed by atoms with Gasteiger partial charge in [-0.2, -0.15) is 13.2 Å². The smallest absolute Gasteiger partial charge is 0.396 e. The first-order chi connectivity index (χ1) is 13.6. The van der Waals surface area contributed by atoms with Crippen molar-refractivity contribution in [3.05, 3.63) is 35.4 Å². The van der Waals surface area contributed by atoms with E-state index >= 15 is 0 Å². The van der Waals surface area contributed by atoms with E-state index in [1.165, 1.54) is 6.07 Å². The molecular weight excluding hydrogens is 385 g/mol. The molecule has 0 spiro atoms. The molecule has 1 aromatic rings. The number of hydrogen-bond donors (Lipinski definition) is 1. The van der Waals surface area contributed by atoms with Crippen LogP contribution in [0.15, 0.2) is 29.4 Å². The third kappa shape index (κ3) is 4.91. The van der Waals surface area contributed by atoms with Crippen molar-refractivity contribution in [2.45, 2.75) is 51.8 Å². The second-order valence-corrected chi connectivity index (χ2v) is 8.39. The van der Waals surface area contributed by atoms with Gasteiger partial charge in [-0.1, -0.05) is 37.2 Å². The Bertz CT molecular complexity index is 769. The molecular formula is C21H27F3N2O3. The number of rotatable bonds is 5. The molecule has 0 saturated carbocycles. The molecule has 1 unspecified atom stereocenters. The monoisotopic (exact) mass is 412 g/mol. The Morgan fingerprint density at radius 2 is 2.03 bits per heavy atom. The van der Waals surface area contributed by atoms with Crippen LogP contribution in [0.1, 0.15) is 44.2 Å². The molecule has 1 N–H and O–H groups in total. The highest BCUT2D eigenvalue weighted by Gasteiger charge is 2.39. The van der Waals surface area contributed by atoms with Crippen LogP contribution in [-0.2, 0) is 22.2 Å². The van der Waals surface area contributed by atoms with Crippen LogP contribution in [0, 0.1) is 11.3 Å². The Labute approximate surface area is 168 Å². The molecule has 1 fully saturated rings. The maximum Gasteiger partial charge on any atom is 0.416 e. The normalized spacial score (nSPS) is 21.8. The molecule has 2 aliphatic rings. The fraction of sp³-hybridized carbons (Fsp3) is 0.619. The summed E-state index contributed by atoms with van der Waals surface area (Å²) >= 11 is 0. The average molecular weight is 412 g/mol. The first-order valence-corrected chi connectivity index (χ1v) is 9.92. The SMILES string of the molecule is CC(C)C1=NOC(C(=O)N2CCC(CO)(Cc3cccc(C(F)(F)F)c3)CC2)C1. The summed E-state index contributed by atoms with van der Waals surface area (Å²) in [7, 11) is 0. The molecule has 29 heavy (non-hydrogen) atoms. The number of alkyl halides is 3. The van der Waals surface area contributed by atoms with E-state index in [2.05, 4.69) is 5.16 Å². The molecule has 0 aliphatic carbocycles.